The Morgan fingerprint density at radius 2 is 0.357 bits per heavy atom. The molecule has 0 fully saturated rings. The zero-order chi connectivity index (χ0) is 59.1. The van der Waals surface area contributed by atoms with Crippen molar-refractivity contribution in [1.29, 1.82) is 0 Å². The molecule has 0 heterocycles. The van der Waals surface area contributed by atoms with E-state index in [1.165, 1.54) is 0 Å². The molecule has 0 N–H and O–H groups in total. The van der Waals surface area contributed by atoms with Crippen LogP contribution in [0.4, 0.5) is 34.1 Å². The van der Waals surface area contributed by atoms with Crippen molar-refractivity contribution in [3.05, 3.63) is 146 Å². The van der Waals surface area contributed by atoms with Crippen molar-refractivity contribution in [2.75, 3.05) is 62.7 Å². The number of hydrogen-bond acceptors (Lipinski definition) is 10. The lowest BCUT2D eigenvalue weighted by Crippen LogP contribution is -2.12. The van der Waals surface area contributed by atoms with Gasteiger partial charge in [0, 0.05) is 84.2 Å². The fraction of sp³-hybridized carbons (Fsp3) is 0.432. The number of hydrogen-bond donors (Lipinski definition) is 0. The van der Waals surface area contributed by atoms with Crippen LogP contribution in [0.2, 0.25) is 0 Å². The van der Waals surface area contributed by atoms with Gasteiger partial charge < -0.3 is 47.7 Å². The molecule has 7 aromatic carbocycles. The summed E-state index contributed by atoms with van der Waals surface area (Å²) in [4.78, 5) is 4.51. The van der Waals surface area contributed by atoms with Crippen molar-refractivity contribution in [2.24, 2.45) is 0 Å². The third kappa shape index (κ3) is 19.8. The molecule has 7 aromatic rings. The highest BCUT2D eigenvalue weighted by Crippen LogP contribution is 2.45. The van der Waals surface area contributed by atoms with Gasteiger partial charge in [-0.05, 0) is 97.9 Å². The maximum atomic E-state index is 6.40. The normalized spacial score (nSPS) is 11.0. The lowest BCUT2D eigenvalue weighted by atomic mass is 9.99. The highest BCUT2D eigenvalue weighted by atomic mass is 16.5. The van der Waals surface area contributed by atoms with Crippen LogP contribution < -0.4 is 47.7 Å². The lowest BCUT2D eigenvalue weighted by Gasteiger charge is -2.28. The van der Waals surface area contributed by atoms with Crippen LogP contribution in [0.15, 0.2) is 146 Å². The minimum atomic E-state index is 0.628. The molecule has 0 bridgehead atoms. The first-order valence-corrected chi connectivity index (χ1v) is 31.8. The molecule has 0 saturated heterocycles. The molecule has 450 valence electrons. The molecule has 0 aliphatic heterocycles. The van der Waals surface area contributed by atoms with Crippen LogP contribution in [0.5, 0.6) is 46.0 Å². The van der Waals surface area contributed by atoms with Crippen molar-refractivity contribution < 1.29 is 37.9 Å². The maximum absolute atomic E-state index is 6.40. The summed E-state index contributed by atoms with van der Waals surface area (Å²) in [6, 6.07) is 51.4. The highest BCUT2D eigenvalue weighted by Gasteiger charge is 2.21. The van der Waals surface area contributed by atoms with Gasteiger partial charge >= 0.3 is 0 Å². The third-order valence-corrected chi connectivity index (χ3v) is 14.4. The Hall–Kier alpha value is -7.46. The first-order valence-electron chi connectivity index (χ1n) is 31.8. The number of ether oxygens (including phenoxy) is 8. The van der Waals surface area contributed by atoms with E-state index < -0.39 is 0 Å². The average Bonchev–Trinajstić information content (AvgIpc) is 2.68. The fourth-order valence-corrected chi connectivity index (χ4v) is 9.44. The zero-order valence-corrected chi connectivity index (χ0v) is 52.0. The van der Waals surface area contributed by atoms with E-state index in [0.717, 1.165) is 205 Å². The summed E-state index contributed by atoms with van der Waals surface area (Å²) in [6.45, 7) is 22.5. The Kier molecular flexibility index (Phi) is 27.2. The third-order valence-electron chi connectivity index (χ3n) is 14.4. The van der Waals surface area contributed by atoms with Gasteiger partial charge in [-0.2, -0.15) is 0 Å². The van der Waals surface area contributed by atoms with E-state index in [9.17, 15) is 0 Å². The molecule has 0 amide bonds. The van der Waals surface area contributed by atoms with Crippen LogP contribution in [0.25, 0.3) is 22.3 Å². The largest absolute Gasteiger partial charge is 0.493 e. The second-order valence-electron chi connectivity index (χ2n) is 21.6. The van der Waals surface area contributed by atoms with Gasteiger partial charge in [-0.15, -0.1) is 0 Å². The predicted octanol–water partition coefficient (Wildman–Crippen LogP) is 21.4. The van der Waals surface area contributed by atoms with Crippen molar-refractivity contribution in [3.63, 3.8) is 0 Å². The molecule has 0 aromatic heterocycles. The highest BCUT2D eigenvalue weighted by molar-refractivity contribution is 5.83. The summed E-state index contributed by atoms with van der Waals surface area (Å²) in [7, 11) is 0. The van der Waals surface area contributed by atoms with Crippen molar-refractivity contribution in [2.45, 2.75) is 158 Å². The SMILES string of the molecule is CCCCOc1cc(OCCCC)cc(N(c2ccc(-c3ccc(-c4ccc(N(c5cc(OCCCC)cc(OCCCC)c5)c5cc(OCCCC)cc(OCCCC)c5)cc4)cc3)cc2)c2cc(OCCCC)cc(OCCCC)c2)c1. The van der Waals surface area contributed by atoms with Crippen LogP contribution in [-0.2, 0) is 0 Å². The summed E-state index contributed by atoms with van der Waals surface area (Å²) < 4.78 is 51.2. The van der Waals surface area contributed by atoms with E-state index in [0.29, 0.717) is 52.9 Å². The Bertz CT molecular complexity index is 2530. The standard InChI is InChI=1S/C74H96N2O8/c1-9-17-37-77-67-45-63(46-68(53-67)78-38-18-10-2)75(64-47-69(79-39-19-11-3)54-70(48-64)80-40-20-12-4)61-33-29-59(30-34-61)57-25-27-58(28-26-57)60-31-35-62(36-32-60)76(65-49-71(81-41-21-13-5)55-72(50-65)82-42-22-14-6)66-51-73(83-43-23-15-7)56-74(52-66)84-44-24-16-8/h25-36,45-56H,9-24,37-44H2,1-8H3. The molecule has 0 aliphatic rings. The van der Waals surface area contributed by atoms with Gasteiger partial charge in [-0.1, -0.05) is 155 Å². The van der Waals surface area contributed by atoms with E-state index in [2.05, 4.69) is 187 Å². The molecular weight excluding hydrogens is 1040 g/mol. The molecular formula is C74H96N2O8. The Balaban J connectivity index is 1.24. The molecule has 84 heavy (non-hydrogen) atoms. The van der Waals surface area contributed by atoms with E-state index in [1.54, 1.807) is 0 Å². The summed E-state index contributed by atoms with van der Waals surface area (Å²) in [5.41, 5.74) is 10.1. The van der Waals surface area contributed by atoms with Gasteiger partial charge in [-0.3, -0.25) is 0 Å². The second-order valence-corrected chi connectivity index (χ2v) is 21.6. The first kappa shape index (κ1) is 64.1. The van der Waals surface area contributed by atoms with Gasteiger partial charge in [0.05, 0.1) is 75.6 Å². The number of rotatable bonds is 40. The van der Waals surface area contributed by atoms with Gasteiger partial charge in [-0.25, -0.2) is 0 Å². The van der Waals surface area contributed by atoms with E-state index in [4.69, 9.17) is 37.9 Å². The van der Waals surface area contributed by atoms with E-state index in [-0.39, 0.29) is 0 Å². The van der Waals surface area contributed by atoms with E-state index in [1.807, 2.05) is 24.3 Å². The molecule has 10 nitrogen and oxygen atoms in total. The summed E-state index contributed by atoms with van der Waals surface area (Å²) in [5.74, 6) is 6.19. The Morgan fingerprint density at radius 1 is 0.202 bits per heavy atom. The van der Waals surface area contributed by atoms with E-state index >= 15 is 0 Å². The maximum Gasteiger partial charge on any atom is 0.125 e. The number of nitrogens with zero attached hydrogens (tertiary/aromatic N) is 2. The van der Waals surface area contributed by atoms with Crippen LogP contribution >= 0.6 is 0 Å². The minimum Gasteiger partial charge on any atom is -0.493 e. The molecule has 0 spiro atoms. The monoisotopic (exact) mass is 1140 g/mol. The van der Waals surface area contributed by atoms with Crippen LogP contribution in [0, 0.1) is 0 Å². The van der Waals surface area contributed by atoms with Crippen LogP contribution in [0.1, 0.15) is 158 Å². The molecule has 0 saturated carbocycles. The molecule has 0 radical (unpaired) electrons. The molecule has 10 heteroatoms. The lowest BCUT2D eigenvalue weighted by molar-refractivity contribution is 0.293. The zero-order valence-electron chi connectivity index (χ0n) is 52.0. The number of anilines is 6. The predicted molar refractivity (Wildman–Crippen MR) is 350 cm³/mol. The number of unbranched alkanes of at least 4 members (excludes halogenated alkanes) is 8. The van der Waals surface area contributed by atoms with Gasteiger partial charge in [0.15, 0.2) is 0 Å². The summed E-state index contributed by atoms with van der Waals surface area (Å²) >= 11 is 0. The second kappa shape index (κ2) is 35.6. The molecule has 0 aliphatic carbocycles. The van der Waals surface area contributed by atoms with Gasteiger partial charge in [0.25, 0.3) is 0 Å². The molecule has 0 atom stereocenters. The van der Waals surface area contributed by atoms with Gasteiger partial charge in [0.2, 0.25) is 0 Å². The average molecular weight is 1140 g/mol. The molecule has 7 rings (SSSR count). The summed E-state index contributed by atoms with van der Waals surface area (Å²) in [5, 5.41) is 0. The Morgan fingerprint density at radius 3 is 0.512 bits per heavy atom. The number of benzene rings is 7. The fourth-order valence-electron chi connectivity index (χ4n) is 9.44. The minimum absolute atomic E-state index is 0.628. The smallest absolute Gasteiger partial charge is 0.125 e. The topological polar surface area (TPSA) is 80.3 Å². The van der Waals surface area contributed by atoms with Crippen LogP contribution in [0.3, 0.4) is 0 Å². The first-order chi connectivity index (χ1) is 41.3. The molecule has 0 unspecified atom stereocenters. The van der Waals surface area contributed by atoms with Crippen LogP contribution in [-0.4, -0.2) is 52.9 Å². The van der Waals surface area contributed by atoms with Crippen molar-refractivity contribution >= 4 is 34.1 Å². The summed E-state index contributed by atoms with van der Waals surface area (Å²) in [6.07, 6.45) is 16.1. The van der Waals surface area contributed by atoms with Crippen molar-refractivity contribution in [1.82, 2.24) is 0 Å². The quantitative estimate of drug-likeness (QED) is 0.0347. The van der Waals surface area contributed by atoms with Gasteiger partial charge in [0.1, 0.15) is 46.0 Å². The Labute approximate surface area is 504 Å². The van der Waals surface area contributed by atoms with Crippen molar-refractivity contribution in [3.8, 4) is 68.2 Å².